The summed E-state index contributed by atoms with van der Waals surface area (Å²) in [7, 11) is 0. The summed E-state index contributed by atoms with van der Waals surface area (Å²) >= 11 is 10.4. The zero-order valence-corrected chi connectivity index (χ0v) is 21.4. The molecule has 0 amide bonds. The van der Waals surface area contributed by atoms with Gasteiger partial charge in [0.2, 0.25) is 5.69 Å². The van der Waals surface area contributed by atoms with Crippen molar-refractivity contribution < 1.29 is 36.8 Å². The molecule has 1 aromatic heterocycles. The van der Waals surface area contributed by atoms with Gasteiger partial charge in [0.25, 0.3) is 0 Å². The SMILES string of the molecule is O=C([O-])c1ccc(C#Cc2ccc(-[n+]3ccc(N4CCN(C([S-])[S-])CC4)cc3)cc2)cc1.[Au]. The zero-order valence-electron chi connectivity index (χ0n) is 17.6. The molecule has 33 heavy (non-hydrogen) atoms. The van der Waals surface area contributed by atoms with Crippen LogP contribution >= 0.6 is 0 Å². The van der Waals surface area contributed by atoms with Crippen LogP contribution in [0.5, 0.6) is 0 Å². The Morgan fingerprint density at radius 2 is 1.36 bits per heavy atom. The number of piperazine rings is 1. The second kappa shape index (κ2) is 11.8. The predicted octanol–water partition coefficient (Wildman–Crippen LogP) is 1.22. The van der Waals surface area contributed by atoms with Gasteiger partial charge < -0.3 is 45.0 Å². The number of nitrogens with zero attached hydrogens (tertiary/aromatic N) is 3. The quantitative estimate of drug-likeness (QED) is 0.183. The van der Waals surface area contributed by atoms with Crippen molar-refractivity contribution in [3.05, 3.63) is 89.7 Å². The van der Waals surface area contributed by atoms with E-state index in [0.29, 0.717) is 0 Å². The Balaban J connectivity index is 0.00000306. The number of carboxylic acid groups (broad SMARTS) is 1. The first kappa shape index (κ1) is 25.4. The first-order chi connectivity index (χ1) is 15.5. The maximum atomic E-state index is 10.8. The van der Waals surface area contributed by atoms with Gasteiger partial charge in [-0.05, 0) is 29.8 Å². The van der Waals surface area contributed by atoms with Gasteiger partial charge in [0.05, 0.1) is 5.97 Å². The van der Waals surface area contributed by atoms with Gasteiger partial charge in [-0.15, -0.1) is 0 Å². The molecule has 1 aliphatic rings. The molecule has 2 heterocycles. The topological polar surface area (TPSA) is 50.5 Å². The summed E-state index contributed by atoms with van der Waals surface area (Å²) in [5.74, 6) is 4.96. The maximum absolute atomic E-state index is 10.8. The number of hydrogen-bond acceptors (Lipinski definition) is 6. The van der Waals surface area contributed by atoms with Crippen molar-refractivity contribution in [1.82, 2.24) is 4.90 Å². The first-order valence-electron chi connectivity index (χ1n) is 10.3. The van der Waals surface area contributed by atoms with Crippen LogP contribution in [-0.4, -0.2) is 41.8 Å². The van der Waals surface area contributed by atoms with Crippen LogP contribution in [0.4, 0.5) is 5.69 Å². The van der Waals surface area contributed by atoms with Gasteiger partial charge in [0, 0.05) is 89.6 Å². The largest absolute Gasteiger partial charge is 0.800 e. The minimum absolute atomic E-state index is 0. The molecule has 5 nitrogen and oxygen atoms in total. The average molecular weight is 657 g/mol. The summed E-state index contributed by atoms with van der Waals surface area (Å²) < 4.78 is 1.84. The number of anilines is 1. The van der Waals surface area contributed by atoms with Crippen LogP contribution in [0.2, 0.25) is 0 Å². The molecule has 0 N–H and O–H groups in total. The van der Waals surface area contributed by atoms with Crippen molar-refractivity contribution in [2.45, 2.75) is 4.71 Å². The molecule has 1 aliphatic heterocycles. The molecule has 0 spiro atoms. The minimum atomic E-state index is -1.19. The molecule has 0 saturated carbocycles. The molecular weight excluding hydrogens is 635 g/mol. The first-order valence-corrected chi connectivity index (χ1v) is 11.2. The maximum Gasteiger partial charge on any atom is 0.210 e. The third-order valence-electron chi connectivity index (χ3n) is 5.43. The fraction of sp³-hybridized carbons (Fsp3) is 0.200. The molecule has 8 heteroatoms. The number of pyridine rings is 1. The van der Waals surface area contributed by atoms with E-state index in [-0.39, 0.29) is 32.6 Å². The average Bonchev–Trinajstić information content (AvgIpc) is 2.83. The van der Waals surface area contributed by atoms with Crippen molar-refractivity contribution in [2.75, 3.05) is 31.1 Å². The van der Waals surface area contributed by atoms with Crippen LogP contribution in [0.1, 0.15) is 21.5 Å². The Labute approximate surface area is 220 Å². The molecule has 1 saturated heterocycles. The molecule has 4 rings (SSSR count). The number of carbonyl (C=O) groups is 1. The van der Waals surface area contributed by atoms with E-state index in [2.05, 4.69) is 50.7 Å². The van der Waals surface area contributed by atoms with Crippen LogP contribution in [0, 0.1) is 11.8 Å². The summed E-state index contributed by atoms with van der Waals surface area (Å²) in [6.07, 6.45) is 4.12. The van der Waals surface area contributed by atoms with Crippen LogP contribution in [0.3, 0.4) is 0 Å². The fourth-order valence-electron chi connectivity index (χ4n) is 3.54. The number of hydrogen-bond donors (Lipinski definition) is 0. The van der Waals surface area contributed by atoms with E-state index in [1.807, 2.05) is 24.3 Å². The monoisotopic (exact) mass is 656 g/mol. The molecule has 1 radical (unpaired) electrons. The van der Waals surface area contributed by atoms with Crippen LogP contribution in [-0.2, 0) is 47.6 Å². The van der Waals surface area contributed by atoms with Crippen molar-refractivity contribution in [2.24, 2.45) is 0 Å². The van der Waals surface area contributed by atoms with Gasteiger partial charge in [0.15, 0.2) is 12.4 Å². The van der Waals surface area contributed by atoms with E-state index in [1.165, 1.54) is 17.8 Å². The standard InChI is InChI=1S/C25H23N3O2S2.Au/c29-24(30)21-7-3-19(4-8-21)1-2-20-5-9-22(10-6-20)26-13-11-23(12-14-26)27-15-17-28(18-16-27)25(31)32;/h3-14,25H,15-18H2,(H2-,29,30,31,32);/p-2. The summed E-state index contributed by atoms with van der Waals surface area (Å²) in [5.41, 5.74) is 4.02. The number of carbonyl (C=O) groups excluding carboxylic acids is 1. The van der Waals surface area contributed by atoms with E-state index in [1.54, 1.807) is 12.1 Å². The molecule has 1 fully saturated rings. The number of rotatable bonds is 4. The summed E-state index contributed by atoms with van der Waals surface area (Å²) in [5, 5.41) is 10.8. The van der Waals surface area contributed by atoms with Crippen molar-refractivity contribution in [1.29, 1.82) is 0 Å². The third kappa shape index (κ3) is 6.67. The smallest absolute Gasteiger partial charge is 0.210 e. The molecule has 0 unspecified atom stereocenters. The summed E-state index contributed by atoms with van der Waals surface area (Å²) in [6.45, 7) is 3.65. The Morgan fingerprint density at radius 1 is 0.848 bits per heavy atom. The van der Waals surface area contributed by atoms with E-state index in [0.717, 1.165) is 43.0 Å². The normalized spacial score (nSPS) is 13.7. The zero-order chi connectivity index (χ0) is 22.5. The van der Waals surface area contributed by atoms with Crippen LogP contribution in [0.25, 0.3) is 5.69 Å². The van der Waals surface area contributed by atoms with Gasteiger partial charge in [-0.2, -0.15) is 4.57 Å². The van der Waals surface area contributed by atoms with E-state index in [4.69, 9.17) is 25.3 Å². The number of aromatic nitrogens is 1. The second-order valence-corrected chi connectivity index (χ2v) is 8.65. The van der Waals surface area contributed by atoms with Gasteiger partial charge in [-0.3, -0.25) is 0 Å². The fourth-order valence-corrected chi connectivity index (χ4v) is 3.96. The van der Waals surface area contributed by atoms with Gasteiger partial charge in [0.1, 0.15) is 0 Å². The molecule has 0 aliphatic carbocycles. The summed E-state index contributed by atoms with van der Waals surface area (Å²) in [6, 6.07) is 18.6. The van der Waals surface area contributed by atoms with Gasteiger partial charge in [-0.1, -0.05) is 24.0 Å². The molecule has 3 aromatic rings. The van der Waals surface area contributed by atoms with E-state index < -0.39 is 5.97 Å². The Hall–Kier alpha value is -2.18. The molecule has 173 valence electrons. The number of aromatic carboxylic acids is 1. The minimum Gasteiger partial charge on any atom is -0.800 e. The van der Waals surface area contributed by atoms with Crippen LogP contribution < -0.4 is 14.6 Å². The third-order valence-corrected chi connectivity index (χ3v) is 6.02. The molecular formula is C25H21AuN3O2S2-2. The van der Waals surface area contributed by atoms with E-state index >= 15 is 0 Å². The van der Waals surface area contributed by atoms with Crippen molar-refractivity contribution in [3.63, 3.8) is 0 Å². The van der Waals surface area contributed by atoms with Crippen molar-refractivity contribution in [3.8, 4) is 17.5 Å². The predicted molar refractivity (Wildman–Crippen MR) is 127 cm³/mol. The Morgan fingerprint density at radius 3 is 1.85 bits per heavy atom. The van der Waals surface area contributed by atoms with Gasteiger partial charge in [-0.25, -0.2) is 4.71 Å². The van der Waals surface area contributed by atoms with Gasteiger partial charge >= 0.3 is 0 Å². The van der Waals surface area contributed by atoms with Crippen LogP contribution in [0.15, 0.2) is 73.1 Å². The molecule has 0 bridgehead atoms. The molecule has 2 aromatic carbocycles. The second-order valence-electron chi connectivity index (χ2n) is 7.46. The molecule has 0 atom stereocenters. The number of carboxylic acids is 1. The summed E-state index contributed by atoms with van der Waals surface area (Å²) in [4.78, 5) is 15.3. The van der Waals surface area contributed by atoms with E-state index in [9.17, 15) is 9.90 Å². The Bertz CT molecular complexity index is 1130. The van der Waals surface area contributed by atoms with Crippen molar-refractivity contribution >= 4 is 36.9 Å². The Kier molecular flexibility index (Phi) is 9.10. The number of benzene rings is 2.